The lowest BCUT2D eigenvalue weighted by atomic mass is 10.1. The number of benzene rings is 1. The molecule has 3 heteroatoms. The number of halogens is 1. The third kappa shape index (κ3) is 1.53. The summed E-state index contributed by atoms with van der Waals surface area (Å²) in [6.07, 6.45) is 3.05. The van der Waals surface area contributed by atoms with Crippen LogP contribution in [0.1, 0.15) is 11.1 Å². The van der Waals surface area contributed by atoms with Gasteiger partial charge in [-0.05, 0) is 35.9 Å². The maximum Gasteiger partial charge on any atom is 0.116 e. The van der Waals surface area contributed by atoms with Gasteiger partial charge in [-0.2, -0.15) is 0 Å². The number of hydrogen-bond acceptors (Lipinski definition) is 2. The monoisotopic (exact) mass is 197 g/mol. The van der Waals surface area contributed by atoms with Gasteiger partial charge in [0.15, 0.2) is 0 Å². The summed E-state index contributed by atoms with van der Waals surface area (Å²) < 4.78 is 12.6. The minimum atomic E-state index is -0.370. The third-order valence-electron chi connectivity index (χ3n) is 2.36. The zero-order valence-corrected chi connectivity index (χ0v) is 8.38. The van der Waals surface area contributed by atoms with Gasteiger partial charge in [0.05, 0.1) is 0 Å². The molecule has 2 rings (SSSR count). The van der Waals surface area contributed by atoms with Gasteiger partial charge in [-0.25, -0.2) is 4.39 Å². The van der Waals surface area contributed by atoms with Crippen molar-refractivity contribution in [3.05, 3.63) is 23.3 Å². The van der Waals surface area contributed by atoms with Crippen molar-refractivity contribution in [3.8, 4) is 0 Å². The van der Waals surface area contributed by atoms with E-state index in [0.29, 0.717) is 0 Å². The molecule has 1 aliphatic rings. The van der Waals surface area contributed by atoms with E-state index in [4.69, 9.17) is 0 Å². The van der Waals surface area contributed by atoms with Crippen LogP contribution in [0.2, 0.25) is 0 Å². The summed E-state index contributed by atoms with van der Waals surface area (Å²) in [7, 11) is 0. The van der Waals surface area contributed by atoms with Crippen LogP contribution >= 0.6 is 11.8 Å². The zero-order valence-electron chi connectivity index (χ0n) is 7.56. The SMILES string of the molecule is CSc1cc2c(cc1CF)NCC2. The fourth-order valence-corrected chi connectivity index (χ4v) is 2.30. The number of fused-ring (bicyclic) bond motifs is 1. The van der Waals surface area contributed by atoms with E-state index in [1.807, 2.05) is 12.3 Å². The van der Waals surface area contributed by atoms with Crippen LogP contribution < -0.4 is 5.32 Å². The molecular formula is C10H12FNS. The Morgan fingerprint density at radius 1 is 1.54 bits per heavy atom. The second-order valence-electron chi connectivity index (χ2n) is 3.13. The van der Waals surface area contributed by atoms with Crippen LogP contribution in [0.5, 0.6) is 0 Å². The first-order chi connectivity index (χ1) is 6.35. The van der Waals surface area contributed by atoms with Crippen LogP contribution in [0, 0.1) is 0 Å². The second kappa shape index (κ2) is 3.58. The molecule has 0 fully saturated rings. The number of alkyl halides is 1. The molecule has 0 amide bonds. The Kier molecular flexibility index (Phi) is 2.44. The smallest absolute Gasteiger partial charge is 0.116 e. The molecule has 13 heavy (non-hydrogen) atoms. The van der Waals surface area contributed by atoms with Gasteiger partial charge in [0.2, 0.25) is 0 Å². The fourth-order valence-electron chi connectivity index (χ4n) is 1.66. The lowest BCUT2D eigenvalue weighted by molar-refractivity contribution is 0.480. The molecule has 0 aliphatic carbocycles. The molecule has 0 atom stereocenters. The first-order valence-corrected chi connectivity index (χ1v) is 5.57. The van der Waals surface area contributed by atoms with Gasteiger partial charge in [-0.3, -0.25) is 0 Å². The Bertz CT molecular complexity index is 294. The van der Waals surface area contributed by atoms with Gasteiger partial charge < -0.3 is 5.32 Å². The summed E-state index contributed by atoms with van der Waals surface area (Å²) in [5, 5.41) is 3.25. The third-order valence-corrected chi connectivity index (χ3v) is 3.18. The van der Waals surface area contributed by atoms with Crippen LogP contribution in [-0.4, -0.2) is 12.8 Å². The van der Waals surface area contributed by atoms with E-state index in [0.717, 1.165) is 29.1 Å². The van der Waals surface area contributed by atoms with Gasteiger partial charge in [-0.1, -0.05) is 0 Å². The van der Waals surface area contributed by atoms with Gasteiger partial charge >= 0.3 is 0 Å². The molecule has 0 unspecified atom stereocenters. The Labute approximate surface area is 81.7 Å². The largest absolute Gasteiger partial charge is 0.384 e. The summed E-state index contributed by atoms with van der Waals surface area (Å²) in [5.74, 6) is 0. The number of nitrogens with one attached hydrogen (secondary N) is 1. The summed E-state index contributed by atoms with van der Waals surface area (Å²) in [6, 6.07) is 4.04. The average Bonchev–Trinajstić information content (AvgIpc) is 2.62. The molecular weight excluding hydrogens is 185 g/mol. The van der Waals surface area contributed by atoms with E-state index < -0.39 is 0 Å². The Morgan fingerprint density at radius 3 is 3.08 bits per heavy atom. The maximum atomic E-state index is 12.6. The molecule has 0 bridgehead atoms. The lowest BCUT2D eigenvalue weighted by Gasteiger charge is -2.07. The molecule has 0 saturated carbocycles. The summed E-state index contributed by atoms with van der Waals surface area (Å²) in [5.41, 5.74) is 3.24. The molecule has 0 radical (unpaired) electrons. The first-order valence-electron chi connectivity index (χ1n) is 4.34. The molecule has 1 nitrogen and oxygen atoms in total. The van der Waals surface area contributed by atoms with Gasteiger partial charge in [0.25, 0.3) is 0 Å². The summed E-state index contributed by atoms with van der Waals surface area (Å²) in [4.78, 5) is 1.07. The number of hydrogen-bond donors (Lipinski definition) is 1. The fraction of sp³-hybridized carbons (Fsp3) is 0.400. The molecule has 0 spiro atoms. The minimum absolute atomic E-state index is 0.370. The van der Waals surface area contributed by atoms with Crippen molar-refractivity contribution in [1.29, 1.82) is 0 Å². The average molecular weight is 197 g/mol. The summed E-state index contributed by atoms with van der Waals surface area (Å²) in [6.45, 7) is 0.615. The van der Waals surface area contributed by atoms with Crippen molar-refractivity contribution in [2.24, 2.45) is 0 Å². The molecule has 1 N–H and O–H groups in total. The van der Waals surface area contributed by atoms with Crippen LogP contribution in [-0.2, 0) is 13.1 Å². The highest BCUT2D eigenvalue weighted by Gasteiger charge is 2.13. The highest BCUT2D eigenvalue weighted by Crippen LogP contribution is 2.31. The number of anilines is 1. The van der Waals surface area contributed by atoms with Crippen molar-refractivity contribution in [2.45, 2.75) is 18.0 Å². The van der Waals surface area contributed by atoms with E-state index in [1.165, 1.54) is 5.56 Å². The highest BCUT2D eigenvalue weighted by molar-refractivity contribution is 7.98. The van der Waals surface area contributed by atoms with Crippen LogP contribution in [0.4, 0.5) is 10.1 Å². The van der Waals surface area contributed by atoms with Gasteiger partial charge in [0.1, 0.15) is 6.67 Å². The van der Waals surface area contributed by atoms with E-state index in [1.54, 1.807) is 11.8 Å². The Balaban J connectivity index is 2.47. The lowest BCUT2D eigenvalue weighted by Crippen LogP contribution is -1.92. The van der Waals surface area contributed by atoms with Crippen molar-refractivity contribution < 1.29 is 4.39 Å². The minimum Gasteiger partial charge on any atom is -0.384 e. The van der Waals surface area contributed by atoms with E-state index >= 15 is 0 Å². The maximum absolute atomic E-state index is 12.6. The van der Waals surface area contributed by atoms with Crippen molar-refractivity contribution in [2.75, 3.05) is 18.1 Å². The molecule has 1 aromatic carbocycles. The predicted molar refractivity (Wildman–Crippen MR) is 55.2 cm³/mol. The van der Waals surface area contributed by atoms with Crippen molar-refractivity contribution in [1.82, 2.24) is 0 Å². The van der Waals surface area contributed by atoms with E-state index in [9.17, 15) is 4.39 Å². The molecule has 1 heterocycles. The molecule has 1 aliphatic heterocycles. The molecule has 70 valence electrons. The second-order valence-corrected chi connectivity index (χ2v) is 3.98. The highest BCUT2D eigenvalue weighted by atomic mass is 32.2. The number of thioether (sulfide) groups is 1. The van der Waals surface area contributed by atoms with Gasteiger partial charge in [-0.15, -0.1) is 11.8 Å². The predicted octanol–water partition coefficient (Wildman–Crippen LogP) is 2.85. The standard InChI is InChI=1S/C10H12FNS/c1-13-10-5-7-2-3-12-9(7)4-8(10)6-11/h4-5,12H,2-3,6H2,1H3. The first kappa shape index (κ1) is 8.88. The van der Waals surface area contributed by atoms with Crippen molar-refractivity contribution in [3.63, 3.8) is 0 Å². The van der Waals surface area contributed by atoms with Crippen molar-refractivity contribution >= 4 is 17.4 Å². The van der Waals surface area contributed by atoms with Gasteiger partial charge in [0, 0.05) is 17.1 Å². The normalized spacial score (nSPS) is 14.0. The Morgan fingerprint density at radius 2 is 2.38 bits per heavy atom. The Hall–Kier alpha value is -0.700. The molecule has 0 saturated heterocycles. The zero-order chi connectivity index (χ0) is 9.26. The number of rotatable bonds is 2. The van der Waals surface area contributed by atoms with Crippen LogP contribution in [0.3, 0.4) is 0 Å². The quantitative estimate of drug-likeness (QED) is 0.732. The molecule has 0 aromatic heterocycles. The van der Waals surface area contributed by atoms with E-state index in [2.05, 4.69) is 11.4 Å². The topological polar surface area (TPSA) is 12.0 Å². The van der Waals surface area contributed by atoms with Crippen LogP contribution in [0.15, 0.2) is 17.0 Å². The summed E-state index contributed by atoms with van der Waals surface area (Å²) >= 11 is 1.62. The van der Waals surface area contributed by atoms with Crippen LogP contribution in [0.25, 0.3) is 0 Å². The molecule has 1 aromatic rings. The van der Waals surface area contributed by atoms with E-state index in [-0.39, 0.29) is 6.67 Å².